The topological polar surface area (TPSA) is 95.9 Å². The fourth-order valence-electron chi connectivity index (χ4n) is 9.87. The standard InChI is InChI=1S/C64H123NO5/c1-3-5-7-9-11-13-15-17-19-21-26-30-34-38-42-46-50-54-58-64(69)70-59-55-51-47-43-39-35-31-27-24-22-23-25-29-33-37-41-45-49-53-57-63(68)65-61(60-66)62(67)56-52-48-44-40-36-32-28-20-18-16-14-12-10-8-6-4-2/h19,21,52,56,61-62,66-67H,3-18,20,22-51,53-55,57-60H2,1-2H3,(H,65,68)/b21-19-,56-52+. The van der Waals surface area contributed by atoms with Crippen LogP contribution in [-0.4, -0.2) is 47.4 Å². The molecular formula is C64H123NO5. The summed E-state index contributed by atoms with van der Waals surface area (Å²) >= 11 is 0. The van der Waals surface area contributed by atoms with Crippen molar-refractivity contribution in [2.45, 2.75) is 360 Å². The van der Waals surface area contributed by atoms with Crippen LogP contribution in [-0.2, 0) is 14.3 Å². The number of hydrogen-bond donors (Lipinski definition) is 3. The van der Waals surface area contributed by atoms with Crippen LogP contribution < -0.4 is 5.32 Å². The van der Waals surface area contributed by atoms with Crippen LogP contribution in [0.3, 0.4) is 0 Å². The number of aliphatic hydroxyl groups is 2. The number of nitrogens with one attached hydrogen (secondary N) is 1. The highest BCUT2D eigenvalue weighted by molar-refractivity contribution is 5.76. The predicted octanol–water partition coefficient (Wildman–Crippen LogP) is 19.8. The Hall–Kier alpha value is -1.66. The minimum absolute atomic E-state index is 0.00591. The summed E-state index contributed by atoms with van der Waals surface area (Å²) in [5.74, 6) is -0.0629. The van der Waals surface area contributed by atoms with E-state index in [1.165, 1.54) is 276 Å². The summed E-state index contributed by atoms with van der Waals surface area (Å²) in [5.41, 5.74) is 0. The van der Waals surface area contributed by atoms with Crippen LogP contribution in [0, 0.1) is 0 Å². The first-order valence-electron chi connectivity index (χ1n) is 31.6. The van der Waals surface area contributed by atoms with Crippen molar-refractivity contribution in [1.29, 1.82) is 0 Å². The highest BCUT2D eigenvalue weighted by atomic mass is 16.5. The Balaban J connectivity index is 3.41. The number of allylic oxidation sites excluding steroid dienone is 3. The molecule has 0 bridgehead atoms. The molecular weight excluding hydrogens is 863 g/mol. The highest BCUT2D eigenvalue weighted by Gasteiger charge is 2.18. The van der Waals surface area contributed by atoms with Crippen molar-refractivity contribution < 1.29 is 24.5 Å². The van der Waals surface area contributed by atoms with E-state index in [0.29, 0.717) is 19.4 Å². The van der Waals surface area contributed by atoms with Crippen molar-refractivity contribution in [1.82, 2.24) is 5.32 Å². The molecule has 2 atom stereocenters. The minimum atomic E-state index is -0.846. The van der Waals surface area contributed by atoms with E-state index in [9.17, 15) is 19.8 Å². The molecule has 0 aromatic carbocycles. The predicted molar refractivity (Wildman–Crippen MR) is 306 cm³/mol. The molecule has 3 N–H and O–H groups in total. The average Bonchev–Trinajstić information content (AvgIpc) is 3.36. The van der Waals surface area contributed by atoms with E-state index in [0.717, 1.165) is 44.9 Å². The van der Waals surface area contributed by atoms with Gasteiger partial charge in [-0.05, 0) is 57.8 Å². The zero-order valence-corrected chi connectivity index (χ0v) is 47.3. The van der Waals surface area contributed by atoms with Gasteiger partial charge in [-0.2, -0.15) is 0 Å². The summed E-state index contributed by atoms with van der Waals surface area (Å²) < 4.78 is 5.49. The Bertz CT molecular complexity index is 1090. The molecule has 414 valence electrons. The first kappa shape index (κ1) is 68.3. The first-order chi connectivity index (χ1) is 34.5. The molecule has 0 spiro atoms. The molecule has 0 aromatic heterocycles. The molecule has 0 aliphatic rings. The van der Waals surface area contributed by atoms with Crippen molar-refractivity contribution in [3.05, 3.63) is 24.3 Å². The largest absolute Gasteiger partial charge is 0.466 e. The molecule has 0 rings (SSSR count). The molecule has 0 saturated heterocycles. The van der Waals surface area contributed by atoms with E-state index in [-0.39, 0.29) is 18.5 Å². The van der Waals surface area contributed by atoms with Gasteiger partial charge in [-0.25, -0.2) is 0 Å². The van der Waals surface area contributed by atoms with Gasteiger partial charge in [-0.3, -0.25) is 9.59 Å². The molecule has 0 fully saturated rings. The Morgan fingerprint density at radius 1 is 0.386 bits per heavy atom. The van der Waals surface area contributed by atoms with Gasteiger partial charge in [0, 0.05) is 12.8 Å². The van der Waals surface area contributed by atoms with Gasteiger partial charge in [0.25, 0.3) is 0 Å². The molecule has 0 aliphatic carbocycles. The molecule has 2 unspecified atom stereocenters. The monoisotopic (exact) mass is 986 g/mol. The normalized spacial score (nSPS) is 12.7. The fraction of sp³-hybridized carbons (Fsp3) is 0.906. The summed E-state index contributed by atoms with van der Waals surface area (Å²) in [5, 5.41) is 23.1. The molecule has 0 aliphatic heterocycles. The molecule has 0 radical (unpaired) electrons. The third-order valence-electron chi connectivity index (χ3n) is 14.7. The van der Waals surface area contributed by atoms with Crippen LogP contribution in [0.25, 0.3) is 0 Å². The van der Waals surface area contributed by atoms with E-state index in [1.54, 1.807) is 6.08 Å². The Morgan fingerprint density at radius 2 is 0.671 bits per heavy atom. The van der Waals surface area contributed by atoms with Gasteiger partial charge in [-0.15, -0.1) is 0 Å². The van der Waals surface area contributed by atoms with E-state index in [1.807, 2.05) is 6.08 Å². The molecule has 1 amide bonds. The zero-order chi connectivity index (χ0) is 50.7. The Kier molecular flexibility index (Phi) is 58.5. The molecule has 6 nitrogen and oxygen atoms in total. The second-order valence-corrected chi connectivity index (χ2v) is 21.7. The summed E-state index contributed by atoms with van der Waals surface area (Å²) in [7, 11) is 0. The fourth-order valence-corrected chi connectivity index (χ4v) is 9.87. The van der Waals surface area contributed by atoms with Crippen molar-refractivity contribution in [3.63, 3.8) is 0 Å². The van der Waals surface area contributed by atoms with E-state index >= 15 is 0 Å². The zero-order valence-electron chi connectivity index (χ0n) is 47.3. The smallest absolute Gasteiger partial charge is 0.305 e. The quantitative estimate of drug-likeness (QED) is 0.0321. The number of amides is 1. The number of carbonyl (C=O) groups is 2. The van der Waals surface area contributed by atoms with Crippen LogP contribution in [0.5, 0.6) is 0 Å². The maximum absolute atomic E-state index is 12.5. The highest BCUT2D eigenvalue weighted by Crippen LogP contribution is 2.18. The van der Waals surface area contributed by atoms with Gasteiger partial charge in [0.15, 0.2) is 0 Å². The second-order valence-electron chi connectivity index (χ2n) is 21.7. The summed E-state index contributed by atoms with van der Waals surface area (Å²) in [4.78, 5) is 24.6. The average molecular weight is 987 g/mol. The lowest BCUT2D eigenvalue weighted by atomic mass is 10.0. The van der Waals surface area contributed by atoms with Crippen molar-refractivity contribution >= 4 is 11.9 Å². The van der Waals surface area contributed by atoms with Crippen LogP contribution in [0.15, 0.2) is 24.3 Å². The second kappa shape index (κ2) is 59.9. The lowest BCUT2D eigenvalue weighted by Crippen LogP contribution is -2.45. The number of aliphatic hydroxyl groups excluding tert-OH is 2. The molecule has 0 aromatic rings. The van der Waals surface area contributed by atoms with Crippen molar-refractivity contribution in [2.75, 3.05) is 13.2 Å². The third-order valence-corrected chi connectivity index (χ3v) is 14.7. The van der Waals surface area contributed by atoms with Crippen LogP contribution >= 0.6 is 0 Å². The van der Waals surface area contributed by atoms with Gasteiger partial charge in [0.2, 0.25) is 5.91 Å². The van der Waals surface area contributed by atoms with E-state index in [4.69, 9.17) is 4.74 Å². The number of hydrogen-bond acceptors (Lipinski definition) is 5. The summed E-state index contributed by atoms with van der Waals surface area (Å²) in [6.45, 7) is 4.92. The molecule has 6 heteroatoms. The summed E-state index contributed by atoms with van der Waals surface area (Å²) in [6, 6.07) is -0.630. The van der Waals surface area contributed by atoms with Gasteiger partial charge in [0.05, 0.1) is 25.4 Å². The van der Waals surface area contributed by atoms with Crippen LogP contribution in [0.4, 0.5) is 0 Å². The maximum Gasteiger partial charge on any atom is 0.305 e. The first-order valence-corrected chi connectivity index (χ1v) is 31.6. The van der Waals surface area contributed by atoms with E-state index < -0.39 is 12.1 Å². The van der Waals surface area contributed by atoms with Gasteiger partial charge >= 0.3 is 5.97 Å². The van der Waals surface area contributed by atoms with Gasteiger partial charge in [-0.1, -0.05) is 301 Å². The van der Waals surface area contributed by atoms with E-state index in [2.05, 4.69) is 31.3 Å². The molecule has 0 heterocycles. The number of esters is 1. The number of rotatable bonds is 59. The molecule has 70 heavy (non-hydrogen) atoms. The van der Waals surface area contributed by atoms with Crippen molar-refractivity contribution in [2.24, 2.45) is 0 Å². The SMILES string of the molecule is CCCCCCCCC/C=C\CCCCCCCCCC(=O)OCCCCCCCCCCCCCCCCCCCCCC(=O)NC(CO)C(O)/C=C/CCCCCCCCCCCCCCCC. The number of carbonyl (C=O) groups excluding carboxylic acids is 2. The third kappa shape index (κ3) is 55.7. The van der Waals surface area contributed by atoms with Gasteiger partial charge < -0.3 is 20.3 Å². The maximum atomic E-state index is 12.5. The van der Waals surface area contributed by atoms with Crippen molar-refractivity contribution in [3.8, 4) is 0 Å². The molecule has 0 saturated carbocycles. The Labute approximate surface area is 437 Å². The lowest BCUT2D eigenvalue weighted by Gasteiger charge is -2.20. The van der Waals surface area contributed by atoms with Gasteiger partial charge in [0.1, 0.15) is 0 Å². The Morgan fingerprint density at radius 3 is 1.01 bits per heavy atom. The minimum Gasteiger partial charge on any atom is -0.466 e. The summed E-state index contributed by atoms with van der Waals surface area (Å²) in [6.07, 6.45) is 73.6. The van der Waals surface area contributed by atoms with Crippen LogP contribution in [0.1, 0.15) is 348 Å². The lowest BCUT2D eigenvalue weighted by molar-refractivity contribution is -0.143. The number of ether oxygens (including phenoxy) is 1. The number of unbranched alkanes of at least 4 members (excludes halogenated alkanes) is 46. The van der Waals surface area contributed by atoms with Crippen LogP contribution in [0.2, 0.25) is 0 Å².